The Morgan fingerprint density at radius 1 is 1.58 bits per heavy atom. The first-order valence-electron chi connectivity index (χ1n) is 3.80. The Balaban J connectivity index is 3.73. The second kappa shape index (κ2) is 6.46. The number of esters is 1. The molecular formula is C9H14O3. The summed E-state index contributed by atoms with van der Waals surface area (Å²) < 4.78 is 9.81. The van der Waals surface area contributed by atoms with Gasteiger partial charge in [0.05, 0.1) is 6.26 Å². The Morgan fingerprint density at radius 2 is 2.25 bits per heavy atom. The summed E-state index contributed by atoms with van der Waals surface area (Å²) in [6.45, 7) is 8.93. The van der Waals surface area contributed by atoms with E-state index < -0.39 is 5.97 Å². The van der Waals surface area contributed by atoms with Crippen molar-refractivity contribution in [1.82, 2.24) is 0 Å². The van der Waals surface area contributed by atoms with Gasteiger partial charge in [-0.3, -0.25) is 0 Å². The molecule has 0 aliphatic heterocycles. The van der Waals surface area contributed by atoms with Gasteiger partial charge in [-0.05, 0) is 6.42 Å². The summed E-state index contributed by atoms with van der Waals surface area (Å²) in [6.07, 6.45) is 2.96. The van der Waals surface area contributed by atoms with E-state index in [4.69, 9.17) is 9.47 Å². The Morgan fingerprint density at radius 3 is 2.67 bits per heavy atom. The number of ether oxygens (including phenoxy) is 2. The first-order valence-corrected chi connectivity index (χ1v) is 3.80. The van der Waals surface area contributed by atoms with Gasteiger partial charge in [0.25, 0.3) is 0 Å². The molecule has 0 saturated heterocycles. The van der Waals surface area contributed by atoms with Gasteiger partial charge in [-0.2, -0.15) is 0 Å². The van der Waals surface area contributed by atoms with Crippen LogP contribution in [-0.4, -0.2) is 18.7 Å². The summed E-state index contributed by atoms with van der Waals surface area (Å²) in [5.41, 5.74) is 0. The molecule has 0 saturated carbocycles. The van der Waals surface area contributed by atoms with Gasteiger partial charge >= 0.3 is 5.97 Å². The van der Waals surface area contributed by atoms with Gasteiger partial charge in [-0.25, -0.2) is 4.79 Å². The minimum absolute atomic E-state index is 0.214. The zero-order valence-corrected chi connectivity index (χ0v) is 7.29. The molecule has 0 radical (unpaired) electrons. The fourth-order valence-corrected chi connectivity index (χ4v) is 0.623. The van der Waals surface area contributed by atoms with E-state index in [1.807, 2.05) is 6.92 Å². The lowest BCUT2D eigenvalue weighted by molar-refractivity contribution is -0.145. The van der Waals surface area contributed by atoms with E-state index in [-0.39, 0.29) is 6.10 Å². The van der Waals surface area contributed by atoms with Crippen LogP contribution in [0.25, 0.3) is 0 Å². The van der Waals surface area contributed by atoms with Crippen molar-refractivity contribution in [3.05, 3.63) is 25.5 Å². The molecule has 0 aromatic carbocycles. The van der Waals surface area contributed by atoms with Crippen LogP contribution in [-0.2, 0) is 14.3 Å². The number of carbonyl (C=O) groups excluding carboxylic acids is 1. The van der Waals surface area contributed by atoms with Crippen molar-refractivity contribution in [3.63, 3.8) is 0 Å². The van der Waals surface area contributed by atoms with Crippen molar-refractivity contribution in [1.29, 1.82) is 0 Å². The van der Waals surface area contributed by atoms with Crippen LogP contribution in [0.3, 0.4) is 0 Å². The van der Waals surface area contributed by atoms with Gasteiger partial charge in [-0.1, -0.05) is 20.1 Å². The molecule has 0 fully saturated rings. The van der Waals surface area contributed by atoms with E-state index in [0.29, 0.717) is 13.0 Å². The predicted molar refractivity (Wildman–Crippen MR) is 46.5 cm³/mol. The Bertz CT molecular complexity index is 163. The van der Waals surface area contributed by atoms with Crippen LogP contribution < -0.4 is 0 Å². The summed E-state index contributed by atoms with van der Waals surface area (Å²) in [5.74, 6) is -0.422. The van der Waals surface area contributed by atoms with Crippen molar-refractivity contribution in [2.24, 2.45) is 0 Å². The van der Waals surface area contributed by atoms with Crippen molar-refractivity contribution in [2.75, 3.05) is 6.61 Å². The SMILES string of the molecule is C=COCC(CC)OC(=O)C=C. The predicted octanol–water partition coefficient (Wildman–Crippen LogP) is 1.65. The van der Waals surface area contributed by atoms with Crippen LogP contribution in [0.5, 0.6) is 0 Å². The fourth-order valence-electron chi connectivity index (χ4n) is 0.623. The van der Waals surface area contributed by atoms with Gasteiger partial charge in [0, 0.05) is 6.08 Å². The van der Waals surface area contributed by atoms with Crippen LogP contribution in [0.1, 0.15) is 13.3 Å². The molecule has 0 aliphatic carbocycles. The molecule has 68 valence electrons. The molecule has 1 atom stereocenters. The monoisotopic (exact) mass is 170 g/mol. The first kappa shape index (κ1) is 10.8. The molecule has 12 heavy (non-hydrogen) atoms. The third-order valence-corrected chi connectivity index (χ3v) is 1.30. The van der Waals surface area contributed by atoms with Gasteiger partial charge < -0.3 is 9.47 Å². The molecule has 0 aromatic rings. The average molecular weight is 170 g/mol. The lowest BCUT2D eigenvalue weighted by Gasteiger charge is -2.13. The number of carbonyl (C=O) groups is 1. The highest BCUT2D eigenvalue weighted by Gasteiger charge is 2.09. The van der Waals surface area contributed by atoms with Crippen LogP contribution in [0.15, 0.2) is 25.5 Å². The minimum atomic E-state index is -0.422. The Labute approximate surface area is 72.7 Å². The molecule has 0 bridgehead atoms. The topological polar surface area (TPSA) is 35.5 Å². The molecule has 3 nitrogen and oxygen atoms in total. The zero-order chi connectivity index (χ0) is 9.40. The van der Waals surface area contributed by atoms with Gasteiger partial charge in [0.2, 0.25) is 0 Å². The zero-order valence-electron chi connectivity index (χ0n) is 7.29. The highest BCUT2D eigenvalue weighted by molar-refractivity contribution is 5.81. The summed E-state index contributed by atoms with van der Waals surface area (Å²) in [4.78, 5) is 10.7. The third kappa shape index (κ3) is 4.55. The van der Waals surface area contributed by atoms with Crippen molar-refractivity contribution in [3.8, 4) is 0 Å². The normalized spacial score (nSPS) is 11.4. The molecule has 0 N–H and O–H groups in total. The molecular weight excluding hydrogens is 156 g/mol. The van der Waals surface area contributed by atoms with Crippen molar-refractivity contribution < 1.29 is 14.3 Å². The maximum absolute atomic E-state index is 10.7. The highest BCUT2D eigenvalue weighted by Crippen LogP contribution is 1.99. The van der Waals surface area contributed by atoms with E-state index in [2.05, 4.69) is 13.2 Å². The molecule has 0 rings (SSSR count). The third-order valence-electron chi connectivity index (χ3n) is 1.30. The van der Waals surface area contributed by atoms with E-state index in [9.17, 15) is 4.79 Å². The van der Waals surface area contributed by atoms with Gasteiger partial charge in [0.1, 0.15) is 12.7 Å². The Hall–Kier alpha value is -1.25. The van der Waals surface area contributed by atoms with Crippen LogP contribution >= 0.6 is 0 Å². The molecule has 0 heterocycles. The van der Waals surface area contributed by atoms with Crippen LogP contribution in [0.2, 0.25) is 0 Å². The van der Waals surface area contributed by atoms with Crippen molar-refractivity contribution in [2.45, 2.75) is 19.4 Å². The minimum Gasteiger partial charge on any atom is -0.498 e. The van der Waals surface area contributed by atoms with E-state index in [1.165, 1.54) is 6.26 Å². The molecule has 0 aliphatic rings. The first-order chi connectivity index (χ1) is 5.74. The smallest absolute Gasteiger partial charge is 0.330 e. The lowest BCUT2D eigenvalue weighted by atomic mass is 10.3. The molecule has 0 aromatic heterocycles. The molecule has 0 amide bonds. The summed E-state index contributed by atoms with van der Waals surface area (Å²) in [6, 6.07) is 0. The fraction of sp³-hybridized carbons (Fsp3) is 0.444. The van der Waals surface area contributed by atoms with Crippen molar-refractivity contribution >= 4 is 5.97 Å². The summed E-state index contributed by atoms with van der Waals surface area (Å²) in [5, 5.41) is 0. The quantitative estimate of drug-likeness (QED) is 0.345. The van der Waals surface area contributed by atoms with E-state index in [1.54, 1.807) is 0 Å². The second-order valence-corrected chi connectivity index (χ2v) is 2.17. The van der Waals surface area contributed by atoms with Gasteiger partial charge in [-0.15, -0.1) is 0 Å². The maximum Gasteiger partial charge on any atom is 0.330 e. The summed E-state index contributed by atoms with van der Waals surface area (Å²) >= 11 is 0. The summed E-state index contributed by atoms with van der Waals surface area (Å²) in [7, 11) is 0. The van der Waals surface area contributed by atoms with E-state index in [0.717, 1.165) is 6.08 Å². The highest BCUT2D eigenvalue weighted by atomic mass is 16.6. The lowest BCUT2D eigenvalue weighted by Crippen LogP contribution is -2.20. The maximum atomic E-state index is 10.7. The number of hydrogen-bond acceptors (Lipinski definition) is 3. The van der Waals surface area contributed by atoms with Crippen LogP contribution in [0, 0.1) is 0 Å². The van der Waals surface area contributed by atoms with E-state index >= 15 is 0 Å². The molecule has 0 spiro atoms. The number of rotatable bonds is 6. The largest absolute Gasteiger partial charge is 0.498 e. The standard InChI is InChI=1S/C9H14O3/c1-4-8(7-11-6-3)12-9(10)5-2/h5-6,8H,2-4,7H2,1H3. The van der Waals surface area contributed by atoms with Gasteiger partial charge in [0.15, 0.2) is 0 Å². The number of hydrogen-bond donors (Lipinski definition) is 0. The van der Waals surface area contributed by atoms with Crippen LogP contribution in [0.4, 0.5) is 0 Å². The second-order valence-electron chi connectivity index (χ2n) is 2.17. The average Bonchev–Trinajstić information content (AvgIpc) is 2.11. The molecule has 1 unspecified atom stereocenters. The molecule has 3 heteroatoms. The Kier molecular flexibility index (Phi) is 5.79.